The van der Waals surface area contributed by atoms with E-state index in [2.05, 4.69) is 5.32 Å². The van der Waals surface area contributed by atoms with Gasteiger partial charge in [0.2, 0.25) is 10.0 Å². The van der Waals surface area contributed by atoms with Crippen molar-refractivity contribution in [3.8, 4) is 0 Å². The largest absolute Gasteiger partial charge is 0.348 e. The Morgan fingerprint density at radius 2 is 1.52 bits per heavy atom. The highest BCUT2D eigenvalue weighted by molar-refractivity contribution is 7.92. The zero-order valence-electron chi connectivity index (χ0n) is 15.9. The molecule has 0 aromatic heterocycles. The molecule has 0 saturated carbocycles. The van der Waals surface area contributed by atoms with E-state index < -0.39 is 10.0 Å². The van der Waals surface area contributed by atoms with Crippen LogP contribution in [0.4, 0.5) is 10.1 Å². The number of halogens is 1. The average Bonchev–Trinajstić information content (AvgIpc) is 2.71. The number of sulfonamides is 1. The minimum absolute atomic E-state index is 0.204. The second-order valence-electron chi connectivity index (χ2n) is 6.61. The van der Waals surface area contributed by atoms with Crippen LogP contribution in [0.15, 0.2) is 78.9 Å². The van der Waals surface area contributed by atoms with Gasteiger partial charge >= 0.3 is 0 Å². The molecule has 29 heavy (non-hydrogen) atoms. The Hall–Kier alpha value is -3.19. The number of anilines is 1. The van der Waals surface area contributed by atoms with Crippen LogP contribution in [0.1, 0.15) is 21.5 Å². The Kier molecular flexibility index (Phi) is 6.29. The summed E-state index contributed by atoms with van der Waals surface area (Å²) in [5, 5.41) is 2.76. The number of carbonyl (C=O) groups excluding carboxylic acids is 1. The first-order valence-corrected chi connectivity index (χ1v) is 10.8. The minimum atomic E-state index is -3.50. The first kappa shape index (κ1) is 20.5. The lowest BCUT2D eigenvalue weighted by molar-refractivity contribution is 0.0951. The van der Waals surface area contributed by atoms with Gasteiger partial charge in [-0.15, -0.1) is 0 Å². The van der Waals surface area contributed by atoms with Gasteiger partial charge in [-0.05, 0) is 47.5 Å². The molecule has 7 heteroatoms. The third-order valence-corrected chi connectivity index (χ3v) is 5.49. The summed E-state index contributed by atoms with van der Waals surface area (Å²) in [4.78, 5) is 12.3. The molecule has 3 aromatic carbocycles. The second-order valence-corrected chi connectivity index (χ2v) is 8.52. The molecule has 0 radical (unpaired) electrons. The van der Waals surface area contributed by atoms with Crippen molar-refractivity contribution in [3.63, 3.8) is 0 Å². The third kappa shape index (κ3) is 5.65. The molecule has 5 nitrogen and oxygen atoms in total. The number of nitrogens with one attached hydrogen (secondary N) is 1. The normalized spacial score (nSPS) is 11.1. The van der Waals surface area contributed by atoms with Gasteiger partial charge in [0.15, 0.2) is 0 Å². The molecule has 150 valence electrons. The van der Waals surface area contributed by atoms with Gasteiger partial charge in [-0.25, -0.2) is 12.8 Å². The van der Waals surface area contributed by atoms with Gasteiger partial charge in [-0.3, -0.25) is 9.10 Å². The fourth-order valence-corrected chi connectivity index (χ4v) is 3.70. The first-order chi connectivity index (χ1) is 13.8. The van der Waals surface area contributed by atoms with E-state index in [-0.39, 0.29) is 24.8 Å². The van der Waals surface area contributed by atoms with Gasteiger partial charge in [0.1, 0.15) is 5.82 Å². The first-order valence-electron chi connectivity index (χ1n) is 8.97. The molecule has 0 aliphatic heterocycles. The predicted octanol–water partition coefficient (Wildman–Crippen LogP) is 3.72. The van der Waals surface area contributed by atoms with Crippen molar-refractivity contribution in [3.05, 3.63) is 101 Å². The number of amides is 1. The number of benzene rings is 3. The van der Waals surface area contributed by atoms with E-state index in [4.69, 9.17) is 0 Å². The summed E-state index contributed by atoms with van der Waals surface area (Å²) in [5.41, 5.74) is 2.52. The van der Waals surface area contributed by atoms with Crippen molar-refractivity contribution in [2.75, 3.05) is 10.6 Å². The quantitative estimate of drug-likeness (QED) is 0.643. The Bertz CT molecular complexity index is 1070. The van der Waals surface area contributed by atoms with Crippen LogP contribution in [-0.4, -0.2) is 20.6 Å². The maximum Gasteiger partial charge on any atom is 0.251 e. The zero-order chi connectivity index (χ0) is 20.9. The van der Waals surface area contributed by atoms with Gasteiger partial charge in [-0.1, -0.05) is 42.5 Å². The second kappa shape index (κ2) is 8.87. The molecule has 0 bridgehead atoms. The Morgan fingerprint density at radius 1 is 0.897 bits per heavy atom. The van der Waals surface area contributed by atoms with Crippen molar-refractivity contribution in [2.45, 2.75) is 13.1 Å². The summed E-state index contributed by atoms with van der Waals surface area (Å²) in [7, 11) is -3.50. The van der Waals surface area contributed by atoms with Crippen molar-refractivity contribution in [2.24, 2.45) is 0 Å². The lowest BCUT2D eigenvalue weighted by Crippen LogP contribution is -2.29. The van der Waals surface area contributed by atoms with Crippen LogP contribution in [0.25, 0.3) is 0 Å². The number of carbonyl (C=O) groups is 1. The fourth-order valence-electron chi connectivity index (χ4n) is 2.81. The lowest BCUT2D eigenvalue weighted by atomic mass is 10.1. The number of hydrogen-bond acceptors (Lipinski definition) is 3. The van der Waals surface area contributed by atoms with E-state index in [0.29, 0.717) is 11.3 Å². The summed E-state index contributed by atoms with van der Waals surface area (Å²) in [6, 6.07) is 21.5. The van der Waals surface area contributed by atoms with E-state index in [1.165, 1.54) is 16.4 Å². The molecular formula is C22H21FN2O3S. The lowest BCUT2D eigenvalue weighted by Gasteiger charge is -2.22. The van der Waals surface area contributed by atoms with E-state index in [1.54, 1.807) is 36.4 Å². The molecule has 0 saturated heterocycles. The summed E-state index contributed by atoms with van der Waals surface area (Å²) in [5.74, 6) is -0.628. The Balaban J connectivity index is 1.71. The molecule has 0 fully saturated rings. The standard InChI is InChI=1S/C22H21FN2O3S/c1-29(27,28)25(16-18-5-3-2-4-6-18)21-13-9-19(10-14-21)22(26)24-15-17-7-11-20(23)12-8-17/h2-14H,15-16H2,1H3,(H,24,26). The molecule has 0 unspecified atom stereocenters. The van der Waals surface area contributed by atoms with Crippen molar-refractivity contribution in [1.29, 1.82) is 0 Å². The highest BCUT2D eigenvalue weighted by Gasteiger charge is 2.18. The van der Waals surface area contributed by atoms with Crippen LogP contribution >= 0.6 is 0 Å². The van der Waals surface area contributed by atoms with E-state index >= 15 is 0 Å². The maximum absolute atomic E-state index is 12.9. The molecule has 1 N–H and O–H groups in total. The maximum atomic E-state index is 12.9. The number of hydrogen-bond donors (Lipinski definition) is 1. The van der Waals surface area contributed by atoms with Crippen molar-refractivity contribution in [1.82, 2.24) is 5.32 Å². The van der Waals surface area contributed by atoms with Gasteiger partial charge in [-0.2, -0.15) is 0 Å². The van der Waals surface area contributed by atoms with E-state index in [1.807, 2.05) is 30.3 Å². The molecule has 3 aromatic rings. The summed E-state index contributed by atoms with van der Waals surface area (Å²) in [6.07, 6.45) is 1.15. The van der Waals surface area contributed by atoms with Crippen LogP contribution in [0, 0.1) is 5.82 Å². The van der Waals surface area contributed by atoms with Crippen LogP contribution in [0.3, 0.4) is 0 Å². The summed E-state index contributed by atoms with van der Waals surface area (Å²) < 4.78 is 38.8. The molecule has 0 atom stereocenters. The Labute approximate surface area is 169 Å². The van der Waals surface area contributed by atoms with Crippen molar-refractivity contribution >= 4 is 21.6 Å². The van der Waals surface area contributed by atoms with Crippen LogP contribution in [0.5, 0.6) is 0 Å². The van der Waals surface area contributed by atoms with Gasteiger partial charge in [0, 0.05) is 12.1 Å². The van der Waals surface area contributed by atoms with Gasteiger partial charge in [0.25, 0.3) is 5.91 Å². The predicted molar refractivity (Wildman–Crippen MR) is 111 cm³/mol. The third-order valence-electron chi connectivity index (χ3n) is 4.35. The molecular weight excluding hydrogens is 391 g/mol. The SMILES string of the molecule is CS(=O)(=O)N(Cc1ccccc1)c1ccc(C(=O)NCc2ccc(F)cc2)cc1. The van der Waals surface area contributed by atoms with Crippen molar-refractivity contribution < 1.29 is 17.6 Å². The zero-order valence-corrected chi connectivity index (χ0v) is 16.7. The smallest absolute Gasteiger partial charge is 0.251 e. The highest BCUT2D eigenvalue weighted by Crippen LogP contribution is 2.21. The van der Waals surface area contributed by atoms with Gasteiger partial charge in [0.05, 0.1) is 18.5 Å². The van der Waals surface area contributed by atoms with Gasteiger partial charge < -0.3 is 5.32 Å². The molecule has 0 aliphatic rings. The van der Waals surface area contributed by atoms with E-state index in [0.717, 1.165) is 17.4 Å². The molecule has 3 rings (SSSR count). The van der Waals surface area contributed by atoms with Crippen LogP contribution in [-0.2, 0) is 23.1 Å². The average molecular weight is 412 g/mol. The number of nitrogens with zero attached hydrogens (tertiary/aromatic N) is 1. The fraction of sp³-hybridized carbons (Fsp3) is 0.136. The summed E-state index contributed by atoms with van der Waals surface area (Å²) in [6.45, 7) is 0.472. The molecule has 0 spiro atoms. The summed E-state index contributed by atoms with van der Waals surface area (Å²) >= 11 is 0. The highest BCUT2D eigenvalue weighted by atomic mass is 32.2. The number of rotatable bonds is 7. The molecule has 0 aliphatic carbocycles. The molecule has 0 heterocycles. The minimum Gasteiger partial charge on any atom is -0.348 e. The van der Waals surface area contributed by atoms with Crippen LogP contribution < -0.4 is 9.62 Å². The van der Waals surface area contributed by atoms with Crippen LogP contribution in [0.2, 0.25) is 0 Å². The van der Waals surface area contributed by atoms with E-state index in [9.17, 15) is 17.6 Å². The molecule has 1 amide bonds. The monoisotopic (exact) mass is 412 g/mol. The Morgan fingerprint density at radius 3 is 2.10 bits per heavy atom. The topological polar surface area (TPSA) is 66.5 Å².